The summed E-state index contributed by atoms with van der Waals surface area (Å²) in [5.74, 6) is 1.67. The van der Waals surface area contributed by atoms with Crippen molar-refractivity contribution in [2.24, 2.45) is 5.92 Å². The second-order valence-electron chi connectivity index (χ2n) is 6.35. The minimum absolute atomic E-state index is 0.703. The van der Waals surface area contributed by atoms with Gasteiger partial charge in [0.05, 0.1) is 13.2 Å². The third-order valence-electron chi connectivity index (χ3n) is 4.72. The summed E-state index contributed by atoms with van der Waals surface area (Å²) >= 11 is 0. The lowest BCUT2D eigenvalue weighted by molar-refractivity contribution is 0.148. The van der Waals surface area contributed by atoms with Crippen LogP contribution in [0.4, 0.5) is 0 Å². The molecule has 120 valence electrons. The number of benzene rings is 1. The van der Waals surface area contributed by atoms with Crippen LogP contribution in [0.2, 0.25) is 0 Å². The van der Waals surface area contributed by atoms with Gasteiger partial charge in [0.25, 0.3) is 0 Å². The van der Waals surface area contributed by atoms with Crippen LogP contribution in [0.1, 0.15) is 63.0 Å². The summed E-state index contributed by atoms with van der Waals surface area (Å²) in [6.45, 7) is 5.55. The van der Waals surface area contributed by atoms with Crippen molar-refractivity contribution in [1.82, 2.24) is 0 Å². The zero-order chi connectivity index (χ0) is 15.6. The summed E-state index contributed by atoms with van der Waals surface area (Å²) < 4.78 is 5.60. The Morgan fingerprint density at radius 3 is 2.27 bits per heavy atom. The molecule has 0 heterocycles. The molecule has 1 saturated carbocycles. The van der Waals surface area contributed by atoms with Crippen LogP contribution in [0.3, 0.4) is 0 Å². The molecule has 0 unspecified atom stereocenters. The van der Waals surface area contributed by atoms with E-state index in [1.807, 2.05) is 19.1 Å². The molecule has 22 heavy (non-hydrogen) atoms. The number of hydrogen-bond donors (Lipinski definition) is 0. The van der Waals surface area contributed by atoms with Gasteiger partial charge in [0.2, 0.25) is 0 Å². The first kappa shape index (κ1) is 17.0. The lowest BCUT2D eigenvalue weighted by Crippen LogP contribution is -2.12. The van der Waals surface area contributed by atoms with Gasteiger partial charge >= 0.3 is 0 Å². The molecule has 0 spiro atoms. The average molecular weight is 298 g/mol. The number of allylic oxidation sites excluding steroid dienone is 3. The molecule has 1 heteroatoms. The van der Waals surface area contributed by atoms with Crippen LogP contribution in [0, 0.1) is 5.92 Å². The van der Waals surface area contributed by atoms with Crippen molar-refractivity contribution >= 4 is 0 Å². The molecule has 1 aliphatic carbocycles. The predicted molar refractivity (Wildman–Crippen MR) is 95.0 cm³/mol. The standard InChI is InChI=1S/C21H30O/c1-3-5-7-18-8-12-20(13-9-18)21-14-10-19(11-15-21)17-22-16-6-4-2/h3-6,10-11,14-15,18,20H,7-9,12-13,16-17H2,1-2H3/b5-3+,6-4?. The van der Waals surface area contributed by atoms with E-state index in [1.54, 1.807) is 0 Å². The molecule has 0 aliphatic heterocycles. The summed E-state index contributed by atoms with van der Waals surface area (Å²) in [6, 6.07) is 9.09. The fourth-order valence-corrected chi connectivity index (χ4v) is 3.29. The van der Waals surface area contributed by atoms with Gasteiger partial charge in [-0.3, -0.25) is 0 Å². The van der Waals surface area contributed by atoms with E-state index in [2.05, 4.69) is 43.3 Å². The molecule has 1 aromatic rings. The Morgan fingerprint density at radius 2 is 1.64 bits per heavy atom. The highest BCUT2D eigenvalue weighted by Gasteiger charge is 2.21. The van der Waals surface area contributed by atoms with E-state index < -0.39 is 0 Å². The zero-order valence-electron chi connectivity index (χ0n) is 14.1. The number of ether oxygens (including phenoxy) is 1. The smallest absolute Gasteiger partial charge is 0.0721 e. The van der Waals surface area contributed by atoms with Gasteiger partial charge in [0.15, 0.2) is 0 Å². The minimum Gasteiger partial charge on any atom is -0.373 e. The van der Waals surface area contributed by atoms with Gasteiger partial charge in [0.1, 0.15) is 0 Å². The summed E-state index contributed by atoms with van der Waals surface area (Å²) in [4.78, 5) is 0. The summed E-state index contributed by atoms with van der Waals surface area (Å²) in [6.07, 6.45) is 15.3. The molecule has 1 nitrogen and oxygen atoms in total. The number of rotatable bonds is 7. The normalized spacial score (nSPS) is 22.6. The lowest BCUT2D eigenvalue weighted by Gasteiger charge is -2.28. The fraction of sp³-hybridized carbons (Fsp3) is 0.524. The van der Waals surface area contributed by atoms with Crippen LogP contribution in [0.5, 0.6) is 0 Å². The molecule has 1 fully saturated rings. The van der Waals surface area contributed by atoms with Gasteiger partial charge in [0, 0.05) is 0 Å². The Bertz CT molecular complexity index is 461. The summed E-state index contributed by atoms with van der Waals surface area (Å²) in [7, 11) is 0. The van der Waals surface area contributed by atoms with Crippen molar-refractivity contribution in [2.75, 3.05) is 6.61 Å². The largest absolute Gasteiger partial charge is 0.373 e. The van der Waals surface area contributed by atoms with E-state index in [0.717, 1.165) is 11.8 Å². The van der Waals surface area contributed by atoms with E-state index >= 15 is 0 Å². The Balaban J connectivity index is 1.79. The van der Waals surface area contributed by atoms with Crippen molar-refractivity contribution in [3.05, 3.63) is 59.7 Å². The van der Waals surface area contributed by atoms with E-state index in [0.29, 0.717) is 13.2 Å². The van der Waals surface area contributed by atoms with E-state index in [4.69, 9.17) is 4.74 Å². The van der Waals surface area contributed by atoms with Crippen LogP contribution in [0.25, 0.3) is 0 Å². The van der Waals surface area contributed by atoms with Gasteiger partial charge in [-0.25, -0.2) is 0 Å². The van der Waals surface area contributed by atoms with Gasteiger partial charge in [-0.2, -0.15) is 0 Å². The van der Waals surface area contributed by atoms with Crippen LogP contribution in [0.15, 0.2) is 48.6 Å². The van der Waals surface area contributed by atoms with Crippen molar-refractivity contribution in [3.8, 4) is 0 Å². The molecule has 0 aromatic heterocycles. The van der Waals surface area contributed by atoms with Crippen molar-refractivity contribution in [2.45, 2.75) is 58.5 Å². The van der Waals surface area contributed by atoms with Crippen molar-refractivity contribution < 1.29 is 4.74 Å². The van der Waals surface area contributed by atoms with Crippen molar-refractivity contribution in [1.29, 1.82) is 0 Å². The lowest BCUT2D eigenvalue weighted by atomic mass is 9.77. The Kier molecular flexibility index (Phi) is 7.45. The SMILES string of the molecule is CC=CCOCc1ccc(C2CCC(C/C=C/C)CC2)cc1. The Hall–Kier alpha value is -1.34. The third kappa shape index (κ3) is 5.46. The monoisotopic (exact) mass is 298 g/mol. The number of hydrogen-bond acceptors (Lipinski definition) is 1. The molecular weight excluding hydrogens is 268 g/mol. The molecule has 1 aliphatic rings. The van der Waals surface area contributed by atoms with E-state index in [9.17, 15) is 0 Å². The van der Waals surface area contributed by atoms with Crippen LogP contribution in [-0.4, -0.2) is 6.61 Å². The van der Waals surface area contributed by atoms with Gasteiger partial charge < -0.3 is 4.74 Å². The molecule has 0 amide bonds. The van der Waals surface area contributed by atoms with Crippen LogP contribution in [-0.2, 0) is 11.3 Å². The van der Waals surface area contributed by atoms with Crippen LogP contribution >= 0.6 is 0 Å². The highest BCUT2D eigenvalue weighted by atomic mass is 16.5. The maximum Gasteiger partial charge on any atom is 0.0721 e. The quantitative estimate of drug-likeness (QED) is 0.442. The first-order valence-corrected chi connectivity index (χ1v) is 8.72. The van der Waals surface area contributed by atoms with Gasteiger partial charge in [-0.05, 0) is 68.9 Å². The zero-order valence-corrected chi connectivity index (χ0v) is 14.1. The van der Waals surface area contributed by atoms with E-state index in [1.165, 1.54) is 43.2 Å². The molecule has 2 rings (SSSR count). The molecule has 0 atom stereocenters. The van der Waals surface area contributed by atoms with Gasteiger partial charge in [-0.1, -0.05) is 48.6 Å². The van der Waals surface area contributed by atoms with Gasteiger partial charge in [-0.15, -0.1) is 0 Å². The predicted octanol–water partition coefficient (Wildman–Crippen LogP) is 6.02. The second kappa shape index (κ2) is 9.63. The topological polar surface area (TPSA) is 9.23 Å². The molecule has 0 radical (unpaired) electrons. The summed E-state index contributed by atoms with van der Waals surface area (Å²) in [5.41, 5.74) is 2.79. The molecule has 0 N–H and O–H groups in total. The first-order chi connectivity index (χ1) is 10.8. The van der Waals surface area contributed by atoms with Crippen LogP contribution < -0.4 is 0 Å². The molecule has 0 bridgehead atoms. The Morgan fingerprint density at radius 1 is 0.955 bits per heavy atom. The second-order valence-corrected chi connectivity index (χ2v) is 6.35. The van der Waals surface area contributed by atoms with Crippen molar-refractivity contribution in [3.63, 3.8) is 0 Å². The first-order valence-electron chi connectivity index (χ1n) is 8.72. The summed E-state index contributed by atoms with van der Waals surface area (Å²) in [5, 5.41) is 0. The molecule has 1 aromatic carbocycles. The average Bonchev–Trinajstić information content (AvgIpc) is 2.58. The minimum atomic E-state index is 0.703. The highest BCUT2D eigenvalue weighted by Crippen LogP contribution is 2.37. The Labute approximate surface area is 136 Å². The van der Waals surface area contributed by atoms with E-state index in [-0.39, 0.29) is 0 Å². The molecular formula is C21H30O. The highest BCUT2D eigenvalue weighted by molar-refractivity contribution is 5.25. The maximum atomic E-state index is 5.60. The third-order valence-corrected chi connectivity index (χ3v) is 4.72. The fourth-order valence-electron chi connectivity index (χ4n) is 3.29. The molecule has 0 saturated heterocycles. The maximum absolute atomic E-state index is 5.60.